The number of rotatable bonds is 0. The normalized spacial score (nSPS) is 28.4. The van der Waals surface area contributed by atoms with E-state index in [0.29, 0.717) is 18.6 Å². The van der Waals surface area contributed by atoms with E-state index in [4.69, 9.17) is 4.74 Å². The molecule has 1 N–H and O–H groups in total. The second-order valence-electron chi connectivity index (χ2n) is 6.61. The minimum absolute atomic E-state index is 0.206. The van der Waals surface area contributed by atoms with Gasteiger partial charge in [-0.25, -0.2) is 4.79 Å². The third-order valence-corrected chi connectivity index (χ3v) is 3.90. The monoisotopic (exact) mass is 274 g/mol. The van der Waals surface area contributed by atoms with E-state index in [9.17, 15) is 4.79 Å². The number of amides is 1. The van der Waals surface area contributed by atoms with Gasteiger partial charge in [0.15, 0.2) is 0 Å². The van der Waals surface area contributed by atoms with Gasteiger partial charge in [0.1, 0.15) is 5.60 Å². The van der Waals surface area contributed by atoms with Crippen LogP contribution in [0.1, 0.15) is 27.2 Å². The van der Waals surface area contributed by atoms with Gasteiger partial charge in [-0.05, 0) is 38.3 Å². The van der Waals surface area contributed by atoms with Crippen LogP contribution in [0.4, 0.5) is 4.79 Å². The summed E-state index contributed by atoms with van der Waals surface area (Å²) in [6.45, 7) is 7.14. The van der Waals surface area contributed by atoms with E-state index in [2.05, 4.69) is 29.6 Å². The maximum atomic E-state index is 12.2. The molecule has 0 spiro atoms. The van der Waals surface area contributed by atoms with Gasteiger partial charge < -0.3 is 9.64 Å². The average Bonchev–Trinajstić information content (AvgIpc) is 2.74. The Morgan fingerprint density at radius 1 is 1.40 bits per heavy atom. The zero-order valence-corrected chi connectivity index (χ0v) is 12.3. The zero-order valence-electron chi connectivity index (χ0n) is 12.3. The molecule has 0 radical (unpaired) electrons. The minimum Gasteiger partial charge on any atom is -0.444 e. The first-order chi connectivity index (χ1) is 9.44. The van der Waals surface area contributed by atoms with Crippen molar-refractivity contribution in [3.05, 3.63) is 35.5 Å². The predicted octanol–water partition coefficient (Wildman–Crippen LogP) is 2.39. The maximum Gasteiger partial charge on any atom is 0.410 e. The molecule has 0 aromatic carbocycles. The number of ether oxygens (including phenoxy) is 1. The molecular weight excluding hydrogens is 252 g/mol. The lowest BCUT2D eigenvalue weighted by molar-refractivity contribution is 0.0240. The quantitative estimate of drug-likeness (QED) is 0.737. The Bertz CT molecular complexity index is 511. The van der Waals surface area contributed by atoms with E-state index in [1.807, 2.05) is 25.7 Å². The number of hydrogen-bond donors (Lipinski definition) is 1. The van der Waals surface area contributed by atoms with Crippen molar-refractivity contribution in [2.45, 2.75) is 44.9 Å². The van der Waals surface area contributed by atoms with Crippen LogP contribution >= 0.6 is 0 Å². The summed E-state index contributed by atoms with van der Waals surface area (Å²) in [6.07, 6.45) is 9.23. The van der Waals surface area contributed by atoms with Crippen LogP contribution in [-0.2, 0) is 4.74 Å². The third-order valence-electron chi connectivity index (χ3n) is 3.90. The molecule has 1 aliphatic carbocycles. The molecule has 0 saturated carbocycles. The summed E-state index contributed by atoms with van der Waals surface area (Å²) < 4.78 is 5.47. The second-order valence-corrected chi connectivity index (χ2v) is 6.61. The number of fused-ring (bicyclic) bond motifs is 2. The Hall–Kier alpha value is -1.55. The first kappa shape index (κ1) is 13.4. The lowest BCUT2D eigenvalue weighted by atomic mass is 9.95. The molecule has 3 rings (SSSR count). The van der Waals surface area contributed by atoms with Crippen molar-refractivity contribution >= 4 is 6.09 Å². The standard InChI is InChI=1S/C16H22N2O2/c1-16(2,3)20-15(19)18-9-8-14-12(10-18)11-6-4-5-7-13(11)17-14/h4-7,13-14,17H,8-10H2,1-3H3. The first-order valence-corrected chi connectivity index (χ1v) is 7.26. The number of nitrogens with zero attached hydrogens (tertiary/aromatic N) is 1. The lowest BCUT2D eigenvalue weighted by Gasteiger charge is -2.33. The molecule has 1 fully saturated rings. The molecule has 1 saturated heterocycles. The molecule has 3 aliphatic rings. The Kier molecular flexibility index (Phi) is 3.21. The largest absolute Gasteiger partial charge is 0.444 e. The molecule has 2 atom stereocenters. The Labute approximate surface area is 120 Å². The van der Waals surface area contributed by atoms with E-state index in [1.54, 1.807) is 0 Å². The predicted molar refractivity (Wildman–Crippen MR) is 78.4 cm³/mol. The molecule has 1 amide bonds. The average molecular weight is 274 g/mol. The summed E-state index contributed by atoms with van der Waals surface area (Å²) in [7, 11) is 0. The summed E-state index contributed by atoms with van der Waals surface area (Å²) in [5.41, 5.74) is 2.23. The summed E-state index contributed by atoms with van der Waals surface area (Å²) in [4.78, 5) is 14.0. The van der Waals surface area contributed by atoms with E-state index in [0.717, 1.165) is 13.0 Å². The van der Waals surface area contributed by atoms with E-state index in [-0.39, 0.29) is 6.09 Å². The Morgan fingerprint density at radius 2 is 2.20 bits per heavy atom. The highest BCUT2D eigenvalue weighted by atomic mass is 16.6. The van der Waals surface area contributed by atoms with Crippen LogP contribution in [0.3, 0.4) is 0 Å². The first-order valence-electron chi connectivity index (χ1n) is 7.26. The summed E-state index contributed by atoms with van der Waals surface area (Å²) in [5, 5.41) is 3.61. The molecule has 0 aromatic rings. The summed E-state index contributed by atoms with van der Waals surface area (Å²) >= 11 is 0. The SMILES string of the molecule is CC(C)(C)OC(=O)N1CCC2NC3C=CC=CC3=C2C1. The molecule has 2 unspecified atom stereocenters. The molecular formula is C16H22N2O2. The molecule has 20 heavy (non-hydrogen) atoms. The van der Waals surface area contributed by atoms with Crippen LogP contribution < -0.4 is 5.32 Å². The number of carbonyl (C=O) groups excluding carboxylic acids is 1. The number of allylic oxidation sites excluding steroid dienone is 2. The van der Waals surface area contributed by atoms with Gasteiger partial charge in [0, 0.05) is 19.1 Å². The number of nitrogens with one attached hydrogen (secondary N) is 1. The molecule has 2 aliphatic heterocycles. The molecule has 0 aromatic heterocycles. The highest BCUT2D eigenvalue weighted by molar-refractivity contribution is 5.69. The van der Waals surface area contributed by atoms with Crippen molar-refractivity contribution < 1.29 is 9.53 Å². The fourth-order valence-corrected chi connectivity index (χ4v) is 3.02. The highest BCUT2D eigenvalue weighted by Gasteiger charge is 2.37. The van der Waals surface area contributed by atoms with Crippen molar-refractivity contribution in [2.24, 2.45) is 0 Å². The van der Waals surface area contributed by atoms with Gasteiger partial charge in [-0.1, -0.05) is 24.3 Å². The van der Waals surface area contributed by atoms with Gasteiger partial charge in [0.25, 0.3) is 0 Å². The van der Waals surface area contributed by atoms with Crippen LogP contribution in [0.25, 0.3) is 0 Å². The number of piperidine rings is 1. The highest BCUT2D eigenvalue weighted by Crippen LogP contribution is 2.31. The van der Waals surface area contributed by atoms with Gasteiger partial charge in [0.05, 0.1) is 6.04 Å². The van der Waals surface area contributed by atoms with Crippen molar-refractivity contribution in [1.29, 1.82) is 0 Å². The Morgan fingerprint density at radius 3 is 2.95 bits per heavy atom. The van der Waals surface area contributed by atoms with Crippen LogP contribution in [0.5, 0.6) is 0 Å². The van der Waals surface area contributed by atoms with Crippen LogP contribution in [-0.4, -0.2) is 41.8 Å². The van der Waals surface area contributed by atoms with Crippen LogP contribution in [0, 0.1) is 0 Å². The van der Waals surface area contributed by atoms with Gasteiger partial charge >= 0.3 is 6.09 Å². The fraction of sp³-hybridized carbons (Fsp3) is 0.562. The molecule has 4 nitrogen and oxygen atoms in total. The number of likely N-dealkylation sites (tertiary alicyclic amines) is 1. The maximum absolute atomic E-state index is 12.2. The van der Waals surface area contributed by atoms with Crippen molar-refractivity contribution in [2.75, 3.05) is 13.1 Å². The zero-order chi connectivity index (χ0) is 14.3. The fourth-order valence-electron chi connectivity index (χ4n) is 3.02. The van der Waals surface area contributed by atoms with Gasteiger partial charge in [-0.3, -0.25) is 5.32 Å². The van der Waals surface area contributed by atoms with Gasteiger partial charge in [-0.2, -0.15) is 0 Å². The molecule has 108 valence electrons. The topological polar surface area (TPSA) is 41.6 Å². The third kappa shape index (κ3) is 2.52. The van der Waals surface area contributed by atoms with Crippen molar-refractivity contribution in [3.63, 3.8) is 0 Å². The van der Waals surface area contributed by atoms with Crippen LogP contribution in [0.15, 0.2) is 35.5 Å². The van der Waals surface area contributed by atoms with E-state index >= 15 is 0 Å². The number of hydrogen-bond acceptors (Lipinski definition) is 3. The smallest absolute Gasteiger partial charge is 0.410 e. The minimum atomic E-state index is -0.435. The molecule has 2 heterocycles. The van der Waals surface area contributed by atoms with Crippen LogP contribution in [0.2, 0.25) is 0 Å². The van der Waals surface area contributed by atoms with E-state index < -0.39 is 5.60 Å². The van der Waals surface area contributed by atoms with Crippen molar-refractivity contribution in [3.8, 4) is 0 Å². The Balaban J connectivity index is 1.75. The van der Waals surface area contributed by atoms with Gasteiger partial charge in [0.2, 0.25) is 0 Å². The van der Waals surface area contributed by atoms with Gasteiger partial charge in [-0.15, -0.1) is 0 Å². The summed E-state index contributed by atoms with van der Waals surface area (Å²) in [6, 6.07) is 0.722. The molecule has 0 bridgehead atoms. The number of carbonyl (C=O) groups is 1. The summed E-state index contributed by atoms with van der Waals surface area (Å²) in [5.74, 6) is 0. The van der Waals surface area contributed by atoms with E-state index in [1.165, 1.54) is 11.1 Å². The van der Waals surface area contributed by atoms with Crippen molar-refractivity contribution in [1.82, 2.24) is 10.2 Å². The molecule has 4 heteroatoms. The lowest BCUT2D eigenvalue weighted by Crippen LogP contribution is -2.46. The second kappa shape index (κ2) is 4.77.